The van der Waals surface area contributed by atoms with Crippen LogP contribution in [0.3, 0.4) is 0 Å². The minimum absolute atomic E-state index is 0.150. The molecule has 1 aromatic rings. The van der Waals surface area contributed by atoms with E-state index in [1.165, 1.54) is 13.8 Å². The third kappa shape index (κ3) is 5.40. The lowest BCUT2D eigenvalue weighted by Gasteiger charge is -2.36. The van der Waals surface area contributed by atoms with Crippen molar-refractivity contribution in [1.29, 1.82) is 0 Å². The molecule has 23 heavy (non-hydrogen) atoms. The SMILES string of the molecule is CC(C)[C@@H]([C@@H](O)C(F)(F)F)N(CO)C(=O)OCc1ccccc1. The lowest BCUT2D eigenvalue weighted by Crippen LogP contribution is -2.55. The van der Waals surface area contributed by atoms with E-state index in [2.05, 4.69) is 0 Å². The van der Waals surface area contributed by atoms with Crippen molar-refractivity contribution in [3.05, 3.63) is 35.9 Å². The molecule has 0 aliphatic carbocycles. The summed E-state index contributed by atoms with van der Waals surface area (Å²) in [5.74, 6) is -0.747. The van der Waals surface area contributed by atoms with Gasteiger partial charge in [0.05, 0.1) is 6.04 Å². The van der Waals surface area contributed by atoms with Crippen LogP contribution in [0.25, 0.3) is 0 Å². The van der Waals surface area contributed by atoms with Gasteiger partial charge in [-0.3, -0.25) is 4.90 Å². The van der Waals surface area contributed by atoms with E-state index in [0.717, 1.165) is 0 Å². The highest BCUT2D eigenvalue weighted by Crippen LogP contribution is 2.29. The number of ether oxygens (including phenoxy) is 1. The van der Waals surface area contributed by atoms with Crippen LogP contribution in [0.1, 0.15) is 19.4 Å². The Morgan fingerprint density at radius 2 is 1.83 bits per heavy atom. The molecule has 0 spiro atoms. The average molecular weight is 335 g/mol. The predicted molar refractivity (Wildman–Crippen MR) is 76.2 cm³/mol. The molecule has 130 valence electrons. The molecule has 2 atom stereocenters. The molecule has 0 saturated carbocycles. The molecule has 0 fully saturated rings. The van der Waals surface area contributed by atoms with Gasteiger partial charge < -0.3 is 14.9 Å². The number of alkyl halides is 3. The Balaban J connectivity index is 2.83. The number of rotatable bonds is 6. The Bertz CT molecular complexity index is 493. The number of hydrogen-bond acceptors (Lipinski definition) is 4. The van der Waals surface area contributed by atoms with Crippen molar-refractivity contribution in [2.24, 2.45) is 5.92 Å². The third-order valence-electron chi connectivity index (χ3n) is 3.29. The number of carbonyl (C=O) groups is 1. The number of aliphatic hydroxyl groups is 2. The van der Waals surface area contributed by atoms with Gasteiger partial charge in [0.2, 0.25) is 0 Å². The van der Waals surface area contributed by atoms with Crippen LogP contribution in [-0.2, 0) is 11.3 Å². The maximum absolute atomic E-state index is 12.8. The largest absolute Gasteiger partial charge is 0.444 e. The number of nitrogens with zero attached hydrogens (tertiary/aromatic N) is 1. The van der Waals surface area contributed by atoms with Gasteiger partial charge in [-0.25, -0.2) is 4.79 Å². The molecule has 8 heteroatoms. The van der Waals surface area contributed by atoms with Gasteiger partial charge >= 0.3 is 12.3 Å². The van der Waals surface area contributed by atoms with Crippen molar-refractivity contribution >= 4 is 6.09 Å². The molecule has 0 saturated heterocycles. The zero-order valence-corrected chi connectivity index (χ0v) is 12.8. The molecule has 2 N–H and O–H groups in total. The van der Waals surface area contributed by atoms with Crippen LogP contribution in [-0.4, -0.2) is 46.3 Å². The Labute approximate surface area is 132 Å². The van der Waals surface area contributed by atoms with Crippen LogP contribution in [0.4, 0.5) is 18.0 Å². The lowest BCUT2D eigenvalue weighted by atomic mass is 9.97. The van der Waals surface area contributed by atoms with Crippen LogP contribution in [0.5, 0.6) is 0 Å². The van der Waals surface area contributed by atoms with Crippen LogP contribution in [0.2, 0.25) is 0 Å². The van der Waals surface area contributed by atoms with Gasteiger partial charge in [-0.05, 0) is 11.5 Å². The summed E-state index contributed by atoms with van der Waals surface area (Å²) in [5, 5.41) is 18.7. The van der Waals surface area contributed by atoms with E-state index in [4.69, 9.17) is 4.74 Å². The lowest BCUT2D eigenvalue weighted by molar-refractivity contribution is -0.226. The second-order valence-electron chi connectivity index (χ2n) is 5.37. The third-order valence-corrected chi connectivity index (χ3v) is 3.29. The van der Waals surface area contributed by atoms with Gasteiger partial charge in [0.1, 0.15) is 13.3 Å². The van der Waals surface area contributed by atoms with Gasteiger partial charge in [-0.2, -0.15) is 13.2 Å². The minimum Gasteiger partial charge on any atom is -0.444 e. The molecule has 0 bridgehead atoms. The normalized spacial score (nSPS) is 14.4. The molecule has 0 heterocycles. The Kier molecular flexibility index (Phi) is 6.83. The smallest absolute Gasteiger partial charge is 0.416 e. The maximum Gasteiger partial charge on any atom is 0.416 e. The molecule has 1 rings (SSSR count). The van der Waals surface area contributed by atoms with E-state index in [1.807, 2.05) is 0 Å². The molecular formula is C15H20F3NO4. The molecular weight excluding hydrogens is 315 g/mol. The number of benzene rings is 1. The predicted octanol–water partition coefficient (Wildman–Crippen LogP) is 2.52. The molecule has 0 aromatic heterocycles. The molecule has 1 aromatic carbocycles. The molecule has 0 aliphatic heterocycles. The van der Waals surface area contributed by atoms with Crippen molar-refractivity contribution in [3.8, 4) is 0 Å². The van der Waals surface area contributed by atoms with E-state index in [9.17, 15) is 28.2 Å². The van der Waals surface area contributed by atoms with Crippen molar-refractivity contribution in [1.82, 2.24) is 4.90 Å². The average Bonchev–Trinajstić information content (AvgIpc) is 2.49. The van der Waals surface area contributed by atoms with Crippen molar-refractivity contribution in [2.45, 2.75) is 38.8 Å². The molecule has 0 aliphatic rings. The van der Waals surface area contributed by atoms with E-state index in [-0.39, 0.29) is 6.61 Å². The fourth-order valence-corrected chi connectivity index (χ4v) is 2.16. The molecule has 5 nitrogen and oxygen atoms in total. The standard InChI is InChI=1S/C15H20F3NO4/c1-10(2)12(13(21)15(16,17)18)19(9-20)14(22)23-8-11-6-4-3-5-7-11/h3-7,10,12-13,20-21H,8-9H2,1-2H3/t12-,13+/m0/s1. The number of carbonyl (C=O) groups excluding carboxylic acids is 1. The van der Waals surface area contributed by atoms with Crippen LogP contribution in [0, 0.1) is 5.92 Å². The van der Waals surface area contributed by atoms with Crippen molar-refractivity contribution in [3.63, 3.8) is 0 Å². The minimum atomic E-state index is -4.91. The van der Waals surface area contributed by atoms with Crippen LogP contribution in [0.15, 0.2) is 30.3 Å². The summed E-state index contributed by atoms with van der Waals surface area (Å²) in [6.45, 7) is 1.67. The first-order chi connectivity index (χ1) is 10.7. The van der Waals surface area contributed by atoms with E-state index >= 15 is 0 Å². The first-order valence-corrected chi connectivity index (χ1v) is 7.01. The number of halogens is 3. The maximum atomic E-state index is 12.8. The topological polar surface area (TPSA) is 70.0 Å². The molecule has 1 amide bonds. The fourth-order valence-electron chi connectivity index (χ4n) is 2.16. The number of aliphatic hydroxyl groups excluding tert-OH is 2. The van der Waals surface area contributed by atoms with Gasteiger partial charge in [0, 0.05) is 0 Å². The summed E-state index contributed by atoms with van der Waals surface area (Å²) >= 11 is 0. The highest BCUT2D eigenvalue weighted by Gasteiger charge is 2.48. The Hall–Kier alpha value is -1.80. The van der Waals surface area contributed by atoms with Gasteiger partial charge in [0.15, 0.2) is 6.10 Å². The Morgan fingerprint density at radius 1 is 1.26 bits per heavy atom. The van der Waals surface area contributed by atoms with Gasteiger partial charge in [0.25, 0.3) is 0 Å². The second kappa shape index (κ2) is 8.16. The van der Waals surface area contributed by atoms with Crippen molar-refractivity contribution < 1.29 is 32.9 Å². The number of amides is 1. The van der Waals surface area contributed by atoms with Crippen molar-refractivity contribution in [2.75, 3.05) is 6.73 Å². The van der Waals surface area contributed by atoms with Crippen LogP contribution >= 0.6 is 0 Å². The van der Waals surface area contributed by atoms with Gasteiger partial charge in [-0.15, -0.1) is 0 Å². The molecule has 0 unspecified atom stereocenters. The zero-order chi connectivity index (χ0) is 17.6. The fraction of sp³-hybridized carbons (Fsp3) is 0.533. The second-order valence-corrected chi connectivity index (χ2v) is 5.37. The monoisotopic (exact) mass is 335 g/mol. The van der Waals surface area contributed by atoms with E-state index in [1.54, 1.807) is 30.3 Å². The highest BCUT2D eigenvalue weighted by molar-refractivity contribution is 5.68. The number of hydrogen-bond donors (Lipinski definition) is 2. The molecule has 0 radical (unpaired) electrons. The van der Waals surface area contributed by atoms with E-state index in [0.29, 0.717) is 10.5 Å². The van der Waals surface area contributed by atoms with Crippen LogP contribution < -0.4 is 0 Å². The zero-order valence-electron chi connectivity index (χ0n) is 12.8. The van der Waals surface area contributed by atoms with E-state index < -0.39 is 37.1 Å². The quantitative estimate of drug-likeness (QED) is 0.784. The summed E-state index contributed by atoms with van der Waals surface area (Å²) < 4.78 is 43.2. The summed E-state index contributed by atoms with van der Waals surface area (Å²) in [6, 6.07) is 6.92. The van der Waals surface area contributed by atoms with Gasteiger partial charge in [-0.1, -0.05) is 44.2 Å². The summed E-state index contributed by atoms with van der Waals surface area (Å²) in [7, 11) is 0. The Morgan fingerprint density at radius 3 is 2.26 bits per heavy atom. The summed E-state index contributed by atoms with van der Waals surface area (Å²) in [6.07, 6.45) is -8.82. The summed E-state index contributed by atoms with van der Waals surface area (Å²) in [5.41, 5.74) is 0.649. The summed E-state index contributed by atoms with van der Waals surface area (Å²) in [4.78, 5) is 12.5. The first kappa shape index (κ1) is 19.2. The first-order valence-electron chi connectivity index (χ1n) is 7.01. The highest BCUT2D eigenvalue weighted by atomic mass is 19.4.